The SMILES string of the molecule is Cc1cc(C)c2c(c1)OC1(CCN(C(=O)C34CC5CC(CC(C5)C3)C4)CC1)CC2=O. The van der Waals surface area contributed by atoms with Crippen molar-refractivity contribution in [2.45, 2.75) is 77.2 Å². The van der Waals surface area contributed by atoms with Gasteiger partial charge in [0.1, 0.15) is 11.4 Å². The van der Waals surface area contributed by atoms with Crippen LogP contribution in [0.15, 0.2) is 12.1 Å². The molecule has 2 heterocycles. The minimum absolute atomic E-state index is 0.0662. The topological polar surface area (TPSA) is 46.6 Å². The van der Waals surface area contributed by atoms with Crippen molar-refractivity contribution in [2.75, 3.05) is 13.1 Å². The van der Waals surface area contributed by atoms with Gasteiger partial charge in [-0.05, 0) is 87.3 Å². The van der Waals surface area contributed by atoms with Gasteiger partial charge in [0, 0.05) is 25.9 Å². The van der Waals surface area contributed by atoms with Crippen molar-refractivity contribution >= 4 is 11.7 Å². The van der Waals surface area contributed by atoms with E-state index in [2.05, 4.69) is 17.9 Å². The van der Waals surface area contributed by atoms with E-state index in [0.29, 0.717) is 12.3 Å². The Bertz CT molecular complexity index is 889. The lowest BCUT2D eigenvalue weighted by atomic mass is 9.49. The molecule has 4 nitrogen and oxygen atoms in total. The zero-order chi connectivity index (χ0) is 20.7. The van der Waals surface area contributed by atoms with E-state index in [-0.39, 0.29) is 11.2 Å². The Labute approximate surface area is 179 Å². The zero-order valence-corrected chi connectivity index (χ0v) is 18.3. The van der Waals surface area contributed by atoms with Crippen LogP contribution in [0.4, 0.5) is 0 Å². The number of hydrogen-bond acceptors (Lipinski definition) is 3. The maximum Gasteiger partial charge on any atom is 0.228 e. The fourth-order valence-corrected chi connectivity index (χ4v) is 8.12. The second-order valence-corrected chi connectivity index (χ2v) is 11.3. The Morgan fingerprint density at radius 3 is 2.20 bits per heavy atom. The highest BCUT2D eigenvalue weighted by atomic mass is 16.5. The van der Waals surface area contributed by atoms with Gasteiger partial charge >= 0.3 is 0 Å². The summed E-state index contributed by atoms with van der Waals surface area (Å²) in [4.78, 5) is 28.8. The first-order chi connectivity index (χ1) is 14.3. The van der Waals surface area contributed by atoms with Gasteiger partial charge in [-0.25, -0.2) is 0 Å². The average Bonchev–Trinajstić information content (AvgIpc) is 2.66. The minimum atomic E-state index is -0.428. The third-order valence-corrected chi connectivity index (χ3v) is 8.99. The molecule has 1 aromatic carbocycles. The Morgan fingerprint density at radius 1 is 1.00 bits per heavy atom. The van der Waals surface area contributed by atoms with Gasteiger partial charge in [0.15, 0.2) is 5.78 Å². The first kappa shape index (κ1) is 18.9. The third kappa shape index (κ3) is 2.78. The lowest BCUT2D eigenvalue weighted by Gasteiger charge is -2.57. The average molecular weight is 408 g/mol. The summed E-state index contributed by atoms with van der Waals surface area (Å²) in [5.74, 6) is 3.75. The van der Waals surface area contributed by atoms with E-state index in [1.165, 1.54) is 19.3 Å². The van der Waals surface area contributed by atoms with Crippen molar-refractivity contribution in [3.8, 4) is 5.75 Å². The molecule has 0 unspecified atom stereocenters. The number of piperidine rings is 1. The molecule has 1 spiro atoms. The van der Waals surface area contributed by atoms with Crippen molar-refractivity contribution in [1.29, 1.82) is 0 Å². The molecule has 30 heavy (non-hydrogen) atoms. The molecule has 1 amide bonds. The Kier molecular flexibility index (Phi) is 3.99. The maximum atomic E-state index is 13.7. The Hall–Kier alpha value is -1.84. The van der Waals surface area contributed by atoms with Crippen LogP contribution in [0.5, 0.6) is 5.75 Å². The minimum Gasteiger partial charge on any atom is -0.486 e. The summed E-state index contributed by atoms with van der Waals surface area (Å²) in [6, 6.07) is 4.07. The van der Waals surface area contributed by atoms with Crippen LogP contribution in [0.2, 0.25) is 0 Å². The van der Waals surface area contributed by atoms with Crippen LogP contribution in [0.25, 0.3) is 0 Å². The van der Waals surface area contributed by atoms with Crippen molar-refractivity contribution in [2.24, 2.45) is 23.2 Å². The van der Waals surface area contributed by atoms with Crippen LogP contribution in [-0.2, 0) is 4.79 Å². The van der Waals surface area contributed by atoms with Crippen molar-refractivity contribution in [3.05, 3.63) is 28.8 Å². The number of carbonyl (C=O) groups excluding carboxylic acids is 2. The molecule has 0 aromatic heterocycles. The van der Waals surface area contributed by atoms with Gasteiger partial charge in [0.05, 0.1) is 17.4 Å². The number of ether oxygens (including phenoxy) is 1. The summed E-state index contributed by atoms with van der Waals surface area (Å²) in [5.41, 5.74) is 2.41. The van der Waals surface area contributed by atoms with E-state index < -0.39 is 5.60 Å². The Balaban J connectivity index is 1.19. The number of ketones is 1. The van der Waals surface area contributed by atoms with Crippen LogP contribution in [0.3, 0.4) is 0 Å². The number of benzene rings is 1. The molecule has 2 aliphatic heterocycles. The highest BCUT2D eigenvalue weighted by Crippen LogP contribution is 2.60. The number of carbonyl (C=O) groups is 2. The fraction of sp³-hybridized carbons (Fsp3) is 0.692. The molecule has 0 N–H and O–H groups in total. The van der Waals surface area contributed by atoms with Gasteiger partial charge in [-0.3, -0.25) is 9.59 Å². The van der Waals surface area contributed by atoms with Crippen molar-refractivity contribution in [1.82, 2.24) is 4.90 Å². The fourth-order valence-electron chi connectivity index (χ4n) is 8.12. The summed E-state index contributed by atoms with van der Waals surface area (Å²) in [5, 5.41) is 0. The number of fused-ring (bicyclic) bond motifs is 1. The van der Waals surface area contributed by atoms with Gasteiger partial charge in [-0.15, -0.1) is 0 Å². The van der Waals surface area contributed by atoms with Gasteiger partial charge in [-0.2, -0.15) is 0 Å². The molecule has 5 fully saturated rings. The maximum absolute atomic E-state index is 13.7. The van der Waals surface area contributed by atoms with Crippen LogP contribution < -0.4 is 4.74 Å². The first-order valence-electron chi connectivity index (χ1n) is 12.0. The van der Waals surface area contributed by atoms with Gasteiger partial charge in [0.25, 0.3) is 0 Å². The van der Waals surface area contributed by atoms with Gasteiger partial charge < -0.3 is 9.64 Å². The number of nitrogens with zero attached hydrogens (tertiary/aromatic N) is 1. The summed E-state index contributed by atoms with van der Waals surface area (Å²) < 4.78 is 6.51. The lowest BCUT2D eigenvalue weighted by Crippen LogP contribution is -2.58. The highest BCUT2D eigenvalue weighted by molar-refractivity contribution is 6.01. The number of rotatable bonds is 1. The molecular formula is C26H33NO3. The van der Waals surface area contributed by atoms with E-state index in [9.17, 15) is 9.59 Å². The number of amides is 1. The molecule has 1 saturated heterocycles. The molecule has 160 valence electrons. The molecule has 0 atom stereocenters. The smallest absolute Gasteiger partial charge is 0.228 e. The normalized spacial score (nSPS) is 36.0. The molecule has 4 aliphatic carbocycles. The molecule has 0 radical (unpaired) electrons. The molecular weight excluding hydrogens is 374 g/mol. The first-order valence-corrected chi connectivity index (χ1v) is 12.0. The second-order valence-electron chi connectivity index (χ2n) is 11.3. The van der Waals surface area contributed by atoms with Crippen molar-refractivity contribution < 1.29 is 14.3 Å². The summed E-state index contributed by atoms with van der Waals surface area (Å²) in [6.45, 7) is 5.51. The number of aryl methyl sites for hydroxylation is 2. The summed E-state index contributed by atoms with van der Waals surface area (Å²) >= 11 is 0. The standard InChI is InChI=1S/C26H33NO3/c1-16-7-17(2)23-21(28)15-26(30-22(23)8-16)3-5-27(6-4-26)24(29)25-12-18-9-19(13-25)11-20(10-18)14-25/h7-8,18-20H,3-6,9-15H2,1-2H3. The molecule has 4 heteroatoms. The number of Topliss-reactive ketones (excluding diaryl/α,β-unsaturated/α-hetero) is 1. The van der Waals surface area contributed by atoms with Crippen LogP contribution in [0.1, 0.15) is 79.3 Å². The van der Waals surface area contributed by atoms with E-state index in [1.54, 1.807) is 0 Å². The van der Waals surface area contributed by atoms with E-state index in [4.69, 9.17) is 4.74 Å². The molecule has 7 rings (SSSR count). The highest BCUT2D eigenvalue weighted by Gasteiger charge is 2.56. The van der Waals surface area contributed by atoms with Crippen molar-refractivity contribution in [3.63, 3.8) is 0 Å². The predicted octanol–water partition coefficient (Wildman–Crippen LogP) is 4.85. The van der Waals surface area contributed by atoms with E-state index >= 15 is 0 Å². The number of hydrogen-bond donors (Lipinski definition) is 0. The van der Waals surface area contributed by atoms with Gasteiger partial charge in [-0.1, -0.05) is 6.07 Å². The molecule has 4 bridgehead atoms. The molecule has 4 saturated carbocycles. The van der Waals surface area contributed by atoms with E-state index in [1.807, 2.05) is 13.0 Å². The summed E-state index contributed by atoms with van der Waals surface area (Å²) in [7, 11) is 0. The van der Waals surface area contributed by atoms with Crippen LogP contribution in [0, 0.1) is 37.0 Å². The second kappa shape index (κ2) is 6.34. The molecule has 1 aromatic rings. The number of likely N-dealkylation sites (tertiary alicyclic amines) is 1. The van der Waals surface area contributed by atoms with Crippen LogP contribution >= 0.6 is 0 Å². The quantitative estimate of drug-likeness (QED) is 0.669. The monoisotopic (exact) mass is 407 g/mol. The zero-order valence-electron chi connectivity index (χ0n) is 18.3. The largest absolute Gasteiger partial charge is 0.486 e. The van der Waals surface area contributed by atoms with Crippen LogP contribution in [-0.4, -0.2) is 35.3 Å². The molecule has 6 aliphatic rings. The Morgan fingerprint density at radius 2 is 1.60 bits per heavy atom. The third-order valence-electron chi connectivity index (χ3n) is 8.99. The van der Waals surface area contributed by atoms with Gasteiger partial charge in [0.2, 0.25) is 5.91 Å². The van der Waals surface area contributed by atoms with E-state index in [0.717, 1.165) is 85.4 Å². The lowest BCUT2D eigenvalue weighted by molar-refractivity contribution is -0.161. The summed E-state index contributed by atoms with van der Waals surface area (Å²) in [6.07, 6.45) is 9.45. The predicted molar refractivity (Wildman–Crippen MR) is 115 cm³/mol.